The van der Waals surface area contributed by atoms with E-state index >= 15 is 0 Å². The fourth-order valence-electron chi connectivity index (χ4n) is 17.5. The van der Waals surface area contributed by atoms with Crippen LogP contribution in [0.15, 0.2) is 449 Å². The lowest BCUT2D eigenvalue weighted by molar-refractivity contribution is 0.668. The topological polar surface area (TPSA) is 39.4 Å². The van der Waals surface area contributed by atoms with Gasteiger partial charge in [-0.3, -0.25) is 0 Å². The van der Waals surface area contributed by atoms with E-state index in [0.29, 0.717) is 116 Å². The van der Waals surface area contributed by atoms with Gasteiger partial charge in [0.1, 0.15) is 33.5 Å². The van der Waals surface area contributed by atoms with Gasteiger partial charge in [0.2, 0.25) is 0 Å². The Morgan fingerprint density at radius 3 is 0.748 bits per heavy atom. The first-order chi connectivity index (χ1) is 69.0. The van der Waals surface area contributed by atoms with Crippen molar-refractivity contribution in [2.75, 3.05) is 0 Å². The van der Waals surface area contributed by atoms with Crippen molar-refractivity contribution in [3.05, 3.63) is 436 Å². The SMILES string of the molecule is [2H]c1c([2H])c([2H])c2c(-c3cccc4oc5ccccc5c34)c3c([2H])c([2H])c([2H])c([2H])c3c(-c3ccc4cc(-c5ccccc5)ccc4c3)c2c1[2H].[2H]c1c([2H])c([2H])c2c(-c3cccc4oc5ccccc5c34)c3c([2H])c([2H])c([2H])c([2H])c3c(-c3ccc4ccccc4c3)c2c1[2H].[2H]c1c([2H])c([2H])c2c(-c3cccc4oc5ccccc5c34)c3c([2H])c([2H])c([2H])c([2H])c3c(-c3cccc(-c4ccccc4)c3)c2c1[2H]. The van der Waals surface area contributed by atoms with Crippen molar-refractivity contribution in [2.45, 2.75) is 0 Å². The first-order valence-electron chi connectivity index (χ1n) is 50.9. The van der Waals surface area contributed by atoms with Crippen molar-refractivity contribution in [3.8, 4) is 89.0 Å². The molecule has 0 spiro atoms. The Labute approximate surface area is 720 Å². The smallest absolute Gasteiger partial charge is 0.136 e. The van der Waals surface area contributed by atoms with Crippen LogP contribution in [0.1, 0.15) is 32.9 Å². The standard InChI is InChI=1S/C42H26O.C38H24O.C36H22O/c1-2-11-27(12-3-1)28-21-22-30-26-31(24-23-29(30)25-28)40-32-13-4-6-15-34(32)41(35-16-7-5-14-33(35)40)37-18-10-20-39-42(37)36-17-8-9-19-38(36)43-39;1-2-12-25(13-3-1)26-14-10-15-27(24-26)36-28-16-4-6-18-30(28)37(31-19-7-5-17-29(31)36)33-21-11-23-35-38(33)32-20-8-9-22-34(32)39-35;1-2-11-24-22-25(21-20-23(24)10-1)34-26-12-3-5-14-28(26)35(29-15-6-4-13-27(29)34)31-17-9-19-33-36(31)30-16-7-8-18-32(30)37-33/h1-26H;1-24H;1-22H/i4D,5D,6D,7D,13D,14D,15D,16D;4D,5D,6D,7D,16D,17D,18D,19D;3D,4D,5D,6D,12D,13D,14D,15D. The summed E-state index contributed by atoms with van der Waals surface area (Å²) >= 11 is 0. The van der Waals surface area contributed by atoms with Crippen LogP contribution in [0.2, 0.25) is 0 Å². The van der Waals surface area contributed by atoms with E-state index in [2.05, 4.69) is 6.07 Å². The molecule has 554 valence electrons. The molecule has 0 aliphatic heterocycles. The Morgan fingerprint density at radius 2 is 0.387 bits per heavy atom. The van der Waals surface area contributed by atoms with E-state index in [0.717, 1.165) is 60.0 Å². The van der Waals surface area contributed by atoms with E-state index in [-0.39, 0.29) is 137 Å². The minimum absolute atomic E-state index is 0.172. The van der Waals surface area contributed by atoms with Crippen molar-refractivity contribution in [1.29, 1.82) is 0 Å². The van der Waals surface area contributed by atoms with Crippen LogP contribution in [-0.2, 0) is 0 Å². The van der Waals surface area contributed by atoms with Gasteiger partial charge in [-0.2, -0.15) is 0 Å². The quantitative estimate of drug-likeness (QED) is 0.142. The maximum absolute atomic E-state index is 9.33. The third-order valence-electron chi connectivity index (χ3n) is 22.7. The van der Waals surface area contributed by atoms with Crippen molar-refractivity contribution in [3.63, 3.8) is 0 Å². The number of hydrogen-bond donors (Lipinski definition) is 0. The molecule has 0 aliphatic rings. The number of furan rings is 3. The van der Waals surface area contributed by atoms with E-state index in [1.807, 2.05) is 267 Å². The summed E-state index contributed by atoms with van der Waals surface area (Å²) in [6.45, 7) is 0. The van der Waals surface area contributed by atoms with Gasteiger partial charge < -0.3 is 13.3 Å². The Kier molecular flexibility index (Phi) is 11.7. The second-order valence-electron chi connectivity index (χ2n) is 29.2. The fraction of sp³-hybridized carbons (Fsp3) is 0. The van der Waals surface area contributed by atoms with Crippen LogP contribution >= 0.6 is 0 Å². The number of benzene rings is 22. The van der Waals surface area contributed by atoms with Gasteiger partial charge in [0.15, 0.2) is 0 Å². The highest BCUT2D eigenvalue weighted by molar-refractivity contribution is 6.30. The summed E-state index contributed by atoms with van der Waals surface area (Å²) in [5, 5.41) is 10.2. The zero-order valence-electron chi connectivity index (χ0n) is 86.9. The molecule has 25 aromatic rings. The Hall–Kier alpha value is -15.7. The predicted molar refractivity (Wildman–Crippen MR) is 505 cm³/mol. The Bertz CT molecular complexity index is 9680. The van der Waals surface area contributed by atoms with Crippen LogP contribution in [-0.4, -0.2) is 0 Å². The third-order valence-corrected chi connectivity index (χ3v) is 22.7. The van der Waals surface area contributed by atoms with Gasteiger partial charge >= 0.3 is 0 Å². The lowest BCUT2D eigenvalue weighted by Gasteiger charge is -2.18. The summed E-state index contributed by atoms with van der Waals surface area (Å²) in [4.78, 5) is 0. The maximum atomic E-state index is 9.33. The minimum Gasteiger partial charge on any atom is -0.456 e. The first kappa shape index (κ1) is 48.5. The molecule has 0 unspecified atom stereocenters. The number of hydrogen-bond acceptors (Lipinski definition) is 3. The van der Waals surface area contributed by atoms with Crippen LogP contribution in [0.4, 0.5) is 0 Å². The molecule has 3 nitrogen and oxygen atoms in total. The molecule has 3 heterocycles. The van der Waals surface area contributed by atoms with E-state index < -0.39 is 72.5 Å². The molecule has 0 atom stereocenters. The minimum atomic E-state index is -0.434. The van der Waals surface area contributed by atoms with Crippen LogP contribution in [0.25, 0.3) is 241 Å². The fourth-order valence-corrected chi connectivity index (χ4v) is 17.5. The highest BCUT2D eigenvalue weighted by atomic mass is 16.3. The van der Waals surface area contributed by atoms with Gasteiger partial charge in [-0.15, -0.1) is 0 Å². The average Bonchev–Trinajstić information content (AvgIpc) is 1.66. The van der Waals surface area contributed by atoms with E-state index in [4.69, 9.17) is 29.7 Å². The molecule has 119 heavy (non-hydrogen) atoms. The van der Waals surface area contributed by atoms with Crippen molar-refractivity contribution in [1.82, 2.24) is 0 Å². The van der Waals surface area contributed by atoms with Gasteiger partial charge in [0.05, 0.1) is 32.9 Å². The van der Waals surface area contributed by atoms with Gasteiger partial charge in [-0.1, -0.05) is 376 Å². The predicted octanol–water partition coefficient (Wildman–Crippen LogP) is 33.3. The highest BCUT2D eigenvalue weighted by Crippen LogP contribution is 2.52. The molecule has 0 aliphatic carbocycles. The summed E-state index contributed by atoms with van der Waals surface area (Å²) in [6.07, 6.45) is 0. The van der Waals surface area contributed by atoms with Crippen LogP contribution in [0, 0.1) is 0 Å². The number of fused-ring (bicyclic) bond motifs is 17. The number of para-hydroxylation sites is 3. The molecule has 22 aromatic carbocycles. The summed E-state index contributed by atoms with van der Waals surface area (Å²) < 4.78 is 234. The Morgan fingerprint density at radius 1 is 0.151 bits per heavy atom. The van der Waals surface area contributed by atoms with Gasteiger partial charge in [-0.25, -0.2) is 0 Å². The molecule has 0 radical (unpaired) electrons. The second-order valence-corrected chi connectivity index (χ2v) is 29.2. The van der Waals surface area contributed by atoms with Crippen LogP contribution < -0.4 is 0 Å². The molecule has 3 heteroatoms. The van der Waals surface area contributed by atoms with Gasteiger partial charge in [0.25, 0.3) is 0 Å². The lowest BCUT2D eigenvalue weighted by Crippen LogP contribution is -1.91. The molecule has 0 saturated heterocycles. The molecule has 0 amide bonds. The normalized spacial score (nSPS) is 14.5. The monoisotopic (exact) mass is 1540 g/mol. The first-order valence-corrected chi connectivity index (χ1v) is 38.9. The second kappa shape index (κ2) is 28.7. The highest BCUT2D eigenvalue weighted by Gasteiger charge is 2.25. The molecule has 0 N–H and O–H groups in total. The van der Waals surface area contributed by atoms with Crippen LogP contribution in [0.5, 0.6) is 0 Å². The van der Waals surface area contributed by atoms with Crippen molar-refractivity contribution in [2.24, 2.45) is 0 Å². The van der Waals surface area contributed by atoms with E-state index in [1.165, 1.54) is 0 Å². The lowest BCUT2D eigenvalue weighted by atomic mass is 9.84. The molecule has 25 rings (SSSR count). The van der Waals surface area contributed by atoms with Crippen LogP contribution in [0.3, 0.4) is 0 Å². The zero-order valence-corrected chi connectivity index (χ0v) is 62.9. The molecular formula is C116H72O3. The molecule has 0 fully saturated rings. The third kappa shape index (κ3) is 11.6. The molecule has 3 aromatic heterocycles. The van der Waals surface area contributed by atoms with Crippen molar-refractivity contribution >= 4 is 152 Å². The van der Waals surface area contributed by atoms with Crippen molar-refractivity contribution < 1.29 is 46.1 Å². The molecule has 0 bridgehead atoms. The van der Waals surface area contributed by atoms with E-state index in [9.17, 15) is 16.4 Å². The molecule has 0 saturated carbocycles. The maximum Gasteiger partial charge on any atom is 0.136 e. The summed E-state index contributed by atoms with van der Waals surface area (Å²) in [7, 11) is 0. The summed E-state index contributed by atoms with van der Waals surface area (Å²) in [5.41, 5.74) is 12.7. The van der Waals surface area contributed by atoms with Gasteiger partial charge in [0, 0.05) is 32.3 Å². The largest absolute Gasteiger partial charge is 0.456 e. The number of rotatable bonds is 8. The Balaban J connectivity index is 0.000000119. The molecular weight excluding hydrogens is 1440 g/mol. The van der Waals surface area contributed by atoms with E-state index in [1.54, 1.807) is 18.2 Å². The summed E-state index contributed by atoms with van der Waals surface area (Å²) in [6, 6.07) is 82.5. The van der Waals surface area contributed by atoms with Gasteiger partial charge in [-0.05, 0) is 236 Å². The summed E-state index contributed by atoms with van der Waals surface area (Å²) in [5.74, 6) is 0. The zero-order chi connectivity index (χ0) is 99.3. The average molecular weight is 1540 g/mol.